The molecule has 0 fully saturated rings. The lowest BCUT2D eigenvalue weighted by atomic mass is 9.78. The Bertz CT molecular complexity index is 1780. The lowest BCUT2D eigenvalue weighted by molar-refractivity contribution is -0.160. The van der Waals surface area contributed by atoms with Crippen LogP contribution in [0.1, 0.15) is 80.3 Å². The maximum Gasteiger partial charge on any atom is 0.312 e. The molecule has 0 spiro atoms. The molecule has 1 amide bonds. The molecule has 0 saturated heterocycles. The maximum atomic E-state index is 14.0. The molecule has 4 aliphatic rings. The summed E-state index contributed by atoms with van der Waals surface area (Å²) in [5, 5.41) is 45.1. The second kappa shape index (κ2) is 14.8. The number of esters is 1. The zero-order chi connectivity index (χ0) is 38.3. The van der Waals surface area contributed by atoms with Crippen molar-refractivity contribution in [2.75, 3.05) is 7.11 Å². The van der Waals surface area contributed by atoms with Crippen LogP contribution in [0.5, 0.6) is 11.5 Å². The van der Waals surface area contributed by atoms with Gasteiger partial charge >= 0.3 is 11.8 Å². The average molecular weight is 710 g/mol. The number of ketones is 2. The molecule has 1 aromatic rings. The van der Waals surface area contributed by atoms with Crippen molar-refractivity contribution in [3.63, 3.8) is 0 Å². The summed E-state index contributed by atoms with van der Waals surface area (Å²) in [4.78, 5) is 53.2. The fraction of sp³-hybridized carbons (Fsp3) is 0.486. The lowest BCUT2D eigenvalue weighted by Crippen LogP contribution is -2.46. The number of ether oxygens (including phenoxy) is 4. The molecule has 0 radical (unpaired) electrons. The van der Waals surface area contributed by atoms with E-state index in [-0.39, 0.29) is 28.0 Å². The van der Waals surface area contributed by atoms with Gasteiger partial charge in [-0.25, -0.2) is 0 Å². The normalized spacial score (nSPS) is 32.6. The number of hydrogen-bond acceptors (Lipinski definition) is 13. The quantitative estimate of drug-likeness (QED) is 0.244. The molecule has 1 aromatic carbocycles. The number of amides is 1. The molecule has 5 rings (SSSR count). The van der Waals surface area contributed by atoms with E-state index in [1.807, 2.05) is 0 Å². The van der Waals surface area contributed by atoms with Crippen molar-refractivity contribution < 1.29 is 53.4 Å². The minimum atomic E-state index is -2.02. The van der Waals surface area contributed by atoms with Gasteiger partial charge in [0, 0.05) is 61.3 Å². The third-order valence-electron chi connectivity index (χ3n) is 10.0. The zero-order valence-electron chi connectivity index (χ0n) is 30.2. The highest BCUT2D eigenvalue weighted by Gasteiger charge is 2.52. The molecular weight excluding hydrogens is 662 g/mol. The van der Waals surface area contributed by atoms with E-state index >= 15 is 0 Å². The van der Waals surface area contributed by atoms with E-state index in [0.717, 1.165) is 0 Å². The molecule has 0 unspecified atom stereocenters. The van der Waals surface area contributed by atoms with Gasteiger partial charge in [-0.3, -0.25) is 24.6 Å². The third kappa shape index (κ3) is 7.08. The van der Waals surface area contributed by atoms with Gasteiger partial charge in [-0.15, -0.1) is 0 Å². The first-order chi connectivity index (χ1) is 23.8. The summed E-state index contributed by atoms with van der Waals surface area (Å²) in [5.41, 5.74) is 4.18. The van der Waals surface area contributed by atoms with E-state index in [2.05, 4.69) is 5.32 Å². The summed E-state index contributed by atoms with van der Waals surface area (Å²) < 4.78 is 23.2. The van der Waals surface area contributed by atoms with Crippen LogP contribution in [0.3, 0.4) is 0 Å². The van der Waals surface area contributed by atoms with Crippen LogP contribution >= 0.6 is 0 Å². The number of aromatic hydroxyl groups is 1. The summed E-state index contributed by atoms with van der Waals surface area (Å²) >= 11 is 0. The van der Waals surface area contributed by atoms with Crippen molar-refractivity contribution in [3.8, 4) is 11.5 Å². The Labute approximate surface area is 296 Å². The van der Waals surface area contributed by atoms with Gasteiger partial charge in [0.2, 0.25) is 5.78 Å². The summed E-state index contributed by atoms with van der Waals surface area (Å²) in [7, 11) is 1.42. The van der Waals surface area contributed by atoms with Crippen molar-refractivity contribution in [2.24, 2.45) is 29.4 Å². The monoisotopic (exact) mass is 709 g/mol. The molecule has 9 atom stereocenters. The first kappa shape index (κ1) is 39.0. The molecule has 51 heavy (non-hydrogen) atoms. The van der Waals surface area contributed by atoms with Crippen LogP contribution in [0.4, 0.5) is 0 Å². The molecule has 0 saturated carbocycles. The minimum Gasteiger partial charge on any atom is -0.507 e. The molecule has 14 nitrogen and oxygen atoms in total. The average Bonchev–Trinajstić information content (AvgIpc) is 3.35. The number of phenols is 1. The van der Waals surface area contributed by atoms with Gasteiger partial charge < -0.3 is 45.3 Å². The molecule has 3 aliphatic heterocycles. The van der Waals surface area contributed by atoms with Gasteiger partial charge in [0.15, 0.2) is 0 Å². The van der Waals surface area contributed by atoms with Gasteiger partial charge in [-0.1, -0.05) is 45.9 Å². The van der Waals surface area contributed by atoms with E-state index in [9.17, 15) is 34.5 Å². The highest BCUT2D eigenvalue weighted by Crippen LogP contribution is 2.48. The van der Waals surface area contributed by atoms with Crippen molar-refractivity contribution in [1.29, 1.82) is 5.41 Å². The number of methoxy groups -OCH3 is 1. The number of Topliss-reactive ketones (excluding diaryl/α,β-unsaturated/α-hetero) is 2. The van der Waals surface area contributed by atoms with Crippen LogP contribution in [-0.4, -0.2) is 81.8 Å². The Morgan fingerprint density at radius 3 is 2.25 bits per heavy atom. The Morgan fingerprint density at radius 1 is 1.00 bits per heavy atom. The molecule has 14 heteroatoms. The van der Waals surface area contributed by atoms with Crippen molar-refractivity contribution in [3.05, 3.63) is 69.8 Å². The number of fused-ring (bicyclic) bond motifs is 14. The van der Waals surface area contributed by atoms with Crippen LogP contribution in [0.25, 0.3) is 0 Å². The summed E-state index contributed by atoms with van der Waals surface area (Å²) in [6.07, 6.45) is 3.44. The number of benzene rings is 1. The predicted molar refractivity (Wildman–Crippen MR) is 185 cm³/mol. The first-order valence-electron chi connectivity index (χ1n) is 16.6. The first-order valence-corrected chi connectivity index (χ1v) is 16.6. The molecule has 276 valence electrons. The van der Waals surface area contributed by atoms with Gasteiger partial charge in [0.1, 0.15) is 23.3 Å². The number of rotatable bonds is 2. The second-order valence-corrected chi connectivity index (χ2v) is 13.6. The molecule has 5 bridgehead atoms. The maximum absolute atomic E-state index is 14.0. The van der Waals surface area contributed by atoms with Crippen LogP contribution in [0.15, 0.2) is 47.5 Å². The number of allylic oxidation sites excluding steroid dienone is 4. The zero-order valence-corrected chi connectivity index (χ0v) is 30.2. The lowest BCUT2D eigenvalue weighted by Gasteiger charge is -2.38. The Kier molecular flexibility index (Phi) is 11.3. The molecule has 0 aromatic heterocycles. The van der Waals surface area contributed by atoms with E-state index in [1.54, 1.807) is 39.8 Å². The van der Waals surface area contributed by atoms with Crippen LogP contribution in [0, 0.1) is 36.0 Å². The number of aliphatic hydroxyl groups excluding tert-OH is 2. The molecule has 7 N–H and O–H groups in total. The van der Waals surface area contributed by atoms with Gasteiger partial charge in [0.25, 0.3) is 11.7 Å². The summed E-state index contributed by atoms with van der Waals surface area (Å²) in [6.45, 7) is 12.3. The van der Waals surface area contributed by atoms with E-state index in [1.165, 1.54) is 53.2 Å². The van der Waals surface area contributed by atoms with Gasteiger partial charge in [0.05, 0.1) is 47.1 Å². The standard InChI is InChI=1S/C37H47N3O11/c1-15-11-10-12-16(2)36(47)40-28-27(39)26(38)23-24(32(28)45)31(44)20(6)34-25(23)35(46)37(8,51-34)49-14-13-22(48-9)17(3)33(50-21(7)41)19(5)30(43)18(4)29(15)42/h10-15,17-19,22,29-30,33,38,42-44H,39H2,1-9H3,(H,40,47)/b11-10+,14-13?,16-12?,38-26?/t15-,17+,18+,19+,22-,29-,30+,33+,37-/m0/s1. The van der Waals surface area contributed by atoms with Gasteiger partial charge in [-0.05, 0) is 19.9 Å². The van der Waals surface area contributed by atoms with Crippen molar-refractivity contribution >= 4 is 29.2 Å². The number of aliphatic hydroxyl groups is 2. The topological polar surface area (TPSA) is 228 Å². The van der Waals surface area contributed by atoms with E-state index in [4.69, 9.17) is 30.1 Å². The van der Waals surface area contributed by atoms with Crippen LogP contribution < -0.4 is 15.8 Å². The van der Waals surface area contributed by atoms with Crippen molar-refractivity contribution in [2.45, 2.75) is 85.6 Å². The Morgan fingerprint density at radius 2 is 1.65 bits per heavy atom. The summed E-state index contributed by atoms with van der Waals surface area (Å²) in [6, 6.07) is 0. The Balaban J connectivity index is 1.86. The van der Waals surface area contributed by atoms with Crippen molar-refractivity contribution in [1.82, 2.24) is 5.32 Å². The second-order valence-electron chi connectivity index (χ2n) is 13.6. The highest BCUT2D eigenvalue weighted by molar-refractivity contribution is 6.33. The van der Waals surface area contributed by atoms with Crippen LogP contribution in [0.2, 0.25) is 0 Å². The SMILES string of the molecule is CO[C@H]1C=CO[C@@]2(C)Oc3c(C)c(O)c4c(c3C2=O)C(=N)C(N)=C(NC(=O)C(C)=C/C=C/[C@H](C)[C@H](O)[C@@H](C)[C@@H](O)[C@@H](C)[C@H](OC(C)=O)[C@@H]1C)C4=O. The van der Waals surface area contributed by atoms with Gasteiger partial charge in [-0.2, -0.15) is 0 Å². The highest BCUT2D eigenvalue weighted by atomic mass is 16.7. The van der Waals surface area contributed by atoms with E-state index in [0.29, 0.717) is 0 Å². The fourth-order valence-electron chi connectivity index (χ4n) is 6.75. The number of carbonyl (C=O) groups excluding carboxylic acids is 4. The largest absolute Gasteiger partial charge is 0.507 e. The number of hydrogen-bond donors (Lipinski definition) is 6. The summed E-state index contributed by atoms with van der Waals surface area (Å²) in [5.74, 6) is -8.13. The molecular formula is C37H47N3O11. The number of carbonyl (C=O) groups is 4. The molecule has 1 aliphatic carbocycles. The number of phenolic OH excluding ortho intramolecular Hbond substituents is 1. The smallest absolute Gasteiger partial charge is 0.312 e. The minimum absolute atomic E-state index is 0.0260. The van der Waals surface area contributed by atoms with E-state index < -0.39 is 106 Å². The third-order valence-corrected chi connectivity index (χ3v) is 10.0. The fourth-order valence-corrected chi connectivity index (χ4v) is 6.75. The predicted octanol–water partition coefficient (Wildman–Crippen LogP) is 3.10. The number of nitrogens with two attached hydrogens (primary N) is 1. The number of nitrogens with one attached hydrogen (secondary N) is 2. The Hall–Kier alpha value is -4.79. The molecule has 3 heterocycles. The van der Waals surface area contributed by atoms with Crippen LogP contribution in [-0.2, 0) is 23.8 Å².